The van der Waals surface area contributed by atoms with Crippen molar-refractivity contribution in [2.75, 3.05) is 19.8 Å². The number of fused-ring (bicyclic) bond motifs is 1. The lowest BCUT2D eigenvalue weighted by atomic mass is 9.90. The van der Waals surface area contributed by atoms with Gasteiger partial charge in [0.05, 0.1) is 17.5 Å². The van der Waals surface area contributed by atoms with E-state index in [1.165, 1.54) is 6.33 Å². The van der Waals surface area contributed by atoms with Gasteiger partial charge >= 0.3 is 0 Å². The number of benzene rings is 2. The first kappa shape index (κ1) is 27.6. The second kappa shape index (κ2) is 12.0. The van der Waals surface area contributed by atoms with Crippen LogP contribution in [0.4, 0.5) is 5.82 Å². The maximum absolute atomic E-state index is 13.0. The Morgan fingerprint density at radius 1 is 1.02 bits per heavy atom. The van der Waals surface area contributed by atoms with E-state index in [4.69, 9.17) is 15.6 Å². The molecular formula is C31H39N7O2. The van der Waals surface area contributed by atoms with E-state index >= 15 is 0 Å². The van der Waals surface area contributed by atoms with Gasteiger partial charge in [-0.1, -0.05) is 32.0 Å². The normalized spacial score (nSPS) is 18.2. The Hall–Kier alpha value is -3.98. The number of nitrogens with two attached hydrogens (primary N) is 1. The predicted octanol–water partition coefficient (Wildman–Crippen LogP) is 5.44. The number of hydrogen-bond acceptors (Lipinski definition) is 7. The average Bonchev–Trinajstić information content (AvgIpc) is 3.34. The van der Waals surface area contributed by atoms with Crippen molar-refractivity contribution in [1.29, 1.82) is 0 Å². The fraction of sp³-hybridized carbons (Fsp3) is 0.419. The number of carbonyl (C=O) groups excluding carboxylic acids is 1. The van der Waals surface area contributed by atoms with Gasteiger partial charge in [-0.3, -0.25) is 9.69 Å². The Labute approximate surface area is 235 Å². The SMILES string of the molecule is CC(C)C[C@@H](C(=O)NC1CCC(n2nc(-c3ccc(Oc4ccccc4)cc3)c3c(N)ncnc32)CC1)N(C)C. The molecule has 2 aromatic heterocycles. The van der Waals surface area contributed by atoms with Gasteiger partial charge < -0.3 is 15.8 Å². The topological polar surface area (TPSA) is 111 Å². The number of nitrogens with one attached hydrogen (secondary N) is 1. The largest absolute Gasteiger partial charge is 0.457 e. The Morgan fingerprint density at radius 2 is 1.70 bits per heavy atom. The minimum atomic E-state index is -0.112. The van der Waals surface area contributed by atoms with Gasteiger partial charge in [-0.15, -0.1) is 0 Å². The van der Waals surface area contributed by atoms with Gasteiger partial charge in [-0.05, 0) is 88.5 Å². The molecule has 2 aromatic carbocycles. The Morgan fingerprint density at radius 3 is 2.35 bits per heavy atom. The van der Waals surface area contributed by atoms with Crippen molar-refractivity contribution in [1.82, 2.24) is 30.0 Å². The second-order valence-corrected chi connectivity index (χ2v) is 11.3. The predicted molar refractivity (Wildman–Crippen MR) is 158 cm³/mol. The molecule has 9 heteroatoms. The van der Waals surface area contributed by atoms with E-state index < -0.39 is 0 Å². The summed E-state index contributed by atoms with van der Waals surface area (Å²) in [5.41, 5.74) is 8.78. The minimum Gasteiger partial charge on any atom is -0.457 e. The van der Waals surface area contributed by atoms with Crippen LogP contribution in [0.1, 0.15) is 52.0 Å². The number of nitrogen functional groups attached to an aromatic ring is 1. The molecule has 0 aliphatic heterocycles. The molecule has 0 bridgehead atoms. The van der Waals surface area contributed by atoms with Crippen LogP contribution in [0.25, 0.3) is 22.3 Å². The highest BCUT2D eigenvalue weighted by molar-refractivity contribution is 5.98. The molecule has 0 radical (unpaired) electrons. The van der Waals surface area contributed by atoms with E-state index in [-0.39, 0.29) is 24.0 Å². The third-order valence-electron chi connectivity index (χ3n) is 7.63. The molecule has 5 rings (SSSR count). The highest BCUT2D eigenvalue weighted by atomic mass is 16.5. The van der Waals surface area contributed by atoms with E-state index in [2.05, 4.69) is 29.1 Å². The van der Waals surface area contributed by atoms with Gasteiger partial charge in [0.1, 0.15) is 29.3 Å². The molecule has 1 saturated carbocycles. The van der Waals surface area contributed by atoms with Crippen molar-refractivity contribution in [2.45, 2.75) is 64.1 Å². The van der Waals surface area contributed by atoms with Crippen LogP contribution in [0.3, 0.4) is 0 Å². The molecule has 0 saturated heterocycles. The molecule has 9 nitrogen and oxygen atoms in total. The summed E-state index contributed by atoms with van der Waals surface area (Å²) in [6.07, 6.45) is 5.91. The maximum Gasteiger partial charge on any atom is 0.237 e. The van der Waals surface area contributed by atoms with Crippen LogP contribution in [-0.2, 0) is 4.79 Å². The van der Waals surface area contributed by atoms with Crippen LogP contribution < -0.4 is 15.8 Å². The Bertz CT molecular complexity index is 1430. The first-order chi connectivity index (χ1) is 19.3. The van der Waals surface area contributed by atoms with Crippen LogP contribution in [0.5, 0.6) is 11.5 Å². The van der Waals surface area contributed by atoms with Gasteiger partial charge in [-0.2, -0.15) is 5.10 Å². The van der Waals surface area contributed by atoms with E-state index in [9.17, 15) is 4.79 Å². The zero-order valence-corrected chi connectivity index (χ0v) is 23.7. The number of para-hydroxylation sites is 1. The fourth-order valence-corrected chi connectivity index (χ4v) is 5.52. The van der Waals surface area contributed by atoms with Crippen molar-refractivity contribution < 1.29 is 9.53 Å². The summed E-state index contributed by atoms with van der Waals surface area (Å²) in [4.78, 5) is 23.9. The van der Waals surface area contributed by atoms with Crippen molar-refractivity contribution in [3.63, 3.8) is 0 Å². The van der Waals surface area contributed by atoms with Crippen molar-refractivity contribution in [3.8, 4) is 22.8 Å². The molecule has 1 aliphatic carbocycles. The van der Waals surface area contributed by atoms with Crippen LogP contribution in [0.15, 0.2) is 60.9 Å². The molecule has 2 heterocycles. The molecule has 1 amide bonds. The van der Waals surface area contributed by atoms with Gasteiger partial charge in [0.15, 0.2) is 5.65 Å². The Kier molecular flexibility index (Phi) is 8.30. The van der Waals surface area contributed by atoms with Crippen LogP contribution in [0, 0.1) is 5.92 Å². The molecule has 1 atom stereocenters. The number of amides is 1. The number of aromatic nitrogens is 4. The minimum absolute atomic E-state index is 0.112. The molecule has 3 N–H and O–H groups in total. The number of hydrogen-bond donors (Lipinski definition) is 2. The summed E-state index contributed by atoms with van der Waals surface area (Å²) < 4.78 is 7.97. The quantitative estimate of drug-likeness (QED) is 0.290. The van der Waals surface area contributed by atoms with E-state index in [0.29, 0.717) is 11.7 Å². The molecule has 1 aliphatic rings. The fourth-order valence-electron chi connectivity index (χ4n) is 5.52. The van der Waals surface area contributed by atoms with Crippen molar-refractivity contribution in [3.05, 3.63) is 60.9 Å². The standard InChI is InChI=1S/C31H39N7O2/c1-20(2)18-26(37(3)4)31(39)35-22-12-14-23(15-13-22)38-30-27(29(32)33-19-34-30)28(36-38)21-10-16-25(17-11-21)40-24-8-6-5-7-9-24/h5-11,16-17,19-20,22-23,26H,12-15,18H2,1-4H3,(H,35,39)(H2,32,33,34)/t22?,23?,26-/m0/s1. The maximum atomic E-state index is 13.0. The number of likely N-dealkylation sites (N-methyl/N-ethyl adjacent to an activating group) is 1. The zero-order valence-electron chi connectivity index (χ0n) is 23.7. The zero-order chi connectivity index (χ0) is 28.2. The van der Waals surface area contributed by atoms with Crippen LogP contribution in [0.2, 0.25) is 0 Å². The van der Waals surface area contributed by atoms with Crippen molar-refractivity contribution >= 4 is 22.8 Å². The monoisotopic (exact) mass is 541 g/mol. The molecular weight excluding hydrogens is 502 g/mol. The van der Waals surface area contributed by atoms with Crippen molar-refractivity contribution in [2.24, 2.45) is 5.92 Å². The highest BCUT2D eigenvalue weighted by Crippen LogP contribution is 2.36. The van der Waals surface area contributed by atoms with Crippen LogP contribution in [-0.4, -0.2) is 56.7 Å². The molecule has 1 fully saturated rings. The summed E-state index contributed by atoms with van der Waals surface area (Å²) >= 11 is 0. The number of ether oxygens (including phenoxy) is 1. The summed E-state index contributed by atoms with van der Waals surface area (Å²) in [7, 11) is 3.95. The molecule has 0 unspecified atom stereocenters. The summed E-state index contributed by atoms with van der Waals surface area (Å²) in [6.45, 7) is 4.31. The van der Waals surface area contributed by atoms with Gasteiger partial charge in [0.25, 0.3) is 0 Å². The summed E-state index contributed by atoms with van der Waals surface area (Å²) in [5, 5.41) is 9.10. The molecule has 4 aromatic rings. The number of rotatable bonds is 9. The average molecular weight is 542 g/mol. The Balaban J connectivity index is 1.32. The lowest BCUT2D eigenvalue weighted by Gasteiger charge is -2.32. The first-order valence-corrected chi connectivity index (χ1v) is 14.1. The summed E-state index contributed by atoms with van der Waals surface area (Å²) in [6, 6.07) is 17.8. The molecule has 210 valence electrons. The smallest absolute Gasteiger partial charge is 0.237 e. The van der Waals surface area contributed by atoms with E-state index in [1.54, 1.807) is 0 Å². The molecule has 0 spiro atoms. The van der Waals surface area contributed by atoms with Crippen LogP contribution >= 0.6 is 0 Å². The van der Waals surface area contributed by atoms with E-state index in [0.717, 1.165) is 65.9 Å². The van der Waals surface area contributed by atoms with E-state index in [1.807, 2.05) is 78.3 Å². The number of carbonyl (C=O) groups is 1. The first-order valence-electron chi connectivity index (χ1n) is 14.1. The van der Waals surface area contributed by atoms with Gasteiger partial charge in [0, 0.05) is 11.6 Å². The van der Waals surface area contributed by atoms with Gasteiger partial charge in [0.2, 0.25) is 5.91 Å². The number of nitrogens with zero attached hydrogens (tertiary/aromatic N) is 5. The number of anilines is 1. The third kappa shape index (κ3) is 6.09. The summed E-state index contributed by atoms with van der Waals surface area (Å²) in [5.74, 6) is 2.52. The lowest BCUT2D eigenvalue weighted by Crippen LogP contribution is -2.48. The second-order valence-electron chi connectivity index (χ2n) is 11.3. The highest BCUT2D eigenvalue weighted by Gasteiger charge is 2.30. The third-order valence-corrected chi connectivity index (χ3v) is 7.63. The lowest BCUT2D eigenvalue weighted by molar-refractivity contribution is -0.127. The molecule has 40 heavy (non-hydrogen) atoms. The van der Waals surface area contributed by atoms with Gasteiger partial charge in [-0.25, -0.2) is 14.6 Å².